The summed E-state index contributed by atoms with van der Waals surface area (Å²) in [6.07, 6.45) is 0.0984. The first-order valence-corrected chi connectivity index (χ1v) is 7.12. The Hall–Kier alpha value is -3.15. The average Bonchev–Trinajstić information content (AvgIpc) is 2.97. The van der Waals surface area contributed by atoms with Crippen molar-refractivity contribution in [3.63, 3.8) is 0 Å². The summed E-state index contributed by atoms with van der Waals surface area (Å²) >= 11 is 0. The highest BCUT2D eigenvalue weighted by molar-refractivity contribution is 5.98. The number of amides is 2. The summed E-state index contributed by atoms with van der Waals surface area (Å²) in [6.45, 7) is 0. The van der Waals surface area contributed by atoms with Gasteiger partial charge in [0.15, 0.2) is 5.58 Å². The number of benzene rings is 2. The van der Waals surface area contributed by atoms with Gasteiger partial charge in [0.2, 0.25) is 5.91 Å². The van der Waals surface area contributed by atoms with Crippen molar-refractivity contribution >= 4 is 28.5 Å². The highest BCUT2D eigenvalue weighted by Gasteiger charge is 2.12. The minimum Gasteiger partial charge on any atom is -0.356 e. The van der Waals surface area contributed by atoms with Gasteiger partial charge in [-0.3, -0.25) is 9.59 Å². The van der Waals surface area contributed by atoms with E-state index in [0.29, 0.717) is 22.5 Å². The van der Waals surface area contributed by atoms with Gasteiger partial charge in [0.05, 0.1) is 6.42 Å². The second kappa shape index (κ2) is 6.31. The number of nitrogens with zero attached hydrogens (tertiary/aromatic N) is 1. The lowest BCUT2D eigenvalue weighted by Crippen LogP contribution is -2.19. The number of anilines is 1. The molecule has 0 aliphatic heterocycles. The third kappa shape index (κ3) is 3.21. The Labute approximate surface area is 132 Å². The van der Waals surface area contributed by atoms with Crippen molar-refractivity contribution in [3.8, 4) is 0 Å². The van der Waals surface area contributed by atoms with Gasteiger partial charge >= 0.3 is 0 Å². The molecule has 0 fully saturated rings. The summed E-state index contributed by atoms with van der Waals surface area (Å²) in [5, 5.41) is 10.1. The van der Waals surface area contributed by atoms with Crippen molar-refractivity contribution in [1.82, 2.24) is 10.5 Å². The molecule has 1 heterocycles. The van der Waals surface area contributed by atoms with Gasteiger partial charge in [-0.25, -0.2) is 0 Å². The molecule has 0 unspecified atom stereocenters. The molecule has 2 N–H and O–H groups in total. The van der Waals surface area contributed by atoms with Crippen LogP contribution in [0.3, 0.4) is 0 Å². The molecule has 2 aromatic carbocycles. The summed E-state index contributed by atoms with van der Waals surface area (Å²) in [6, 6.07) is 14.1. The normalized spacial score (nSPS) is 10.5. The zero-order valence-electron chi connectivity index (χ0n) is 12.5. The zero-order chi connectivity index (χ0) is 16.2. The molecule has 0 atom stereocenters. The van der Waals surface area contributed by atoms with E-state index in [1.54, 1.807) is 37.4 Å². The lowest BCUT2D eigenvalue weighted by atomic mass is 10.1. The smallest absolute Gasteiger partial charge is 0.251 e. The fraction of sp³-hybridized carbons (Fsp3) is 0.118. The number of nitrogens with one attached hydrogen (secondary N) is 2. The van der Waals surface area contributed by atoms with Crippen LogP contribution < -0.4 is 10.6 Å². The van der Waals surface area contributed by atoms with Crippen LogP contribution in [-0.4, -0.2) is 24.0 Å². The fourth-order valence-corrected chi connectivity index (χ4v) is 2.31. The molecule has 0 aliphatic carbocycles. The topological polar surface area (TPSA) is 84.2 Å². The van der Waals surface area contributed by atoms with Crippen LogP contribution in [0.4, 0.5) is 5.69 Å². The third-order valence-electron chi connectivity index (χ3n) is 3.42. The Kier molecular flexibility index (Phi) is 4.05. The summed E-state index contributed by atoms with van der Waals surface area (Å²) in [4.78, 5) is 23.8. The molecular formula is C17H15N3O3. The van der Waals surface area contributed by atoms with Gasteiger partial charge in [-0.05, 0) is 30.3 Å². The second-order valence-electron chi connectivity index (χ2n) is 5.01. The van der Waals surface area contributed by atoms with E-state index in [1.807, 2.05) is 18.2 Å². The molecule has 2 amide bonds. The van der Waals surface area contributed by atoms with Crippen molar-refractivity contribution in [2.24, 2.45) is 0 Å². The SMILES string of the molecule is CNC(=O)c1cccc(NC(=O)Cc2noc3ccccc23)c1. The van der Waals surface area contributed by atoms with Crippen LogP contribution in [0.5, 0.6) is 0 Å². The van der Waals surface area contributed by atoms with E-state index in [-0.39, 0.29) is 18.2 Å². The first-order valence-electron chi connectivity index (χ1n) is 7.12. The molecule has 0 aliphatic rings. The molecule has 23 heavy (non-hydrogen) atoms. The number of rotatable bonds is 4. The number of aromatic nitrogens is 1. The predicted octanol–water partition coefficient (Wildman–Crippen LogP) is 2.37. The van der Waals surface area contributed by atoms with Gasteiger partial charge in [0, 0.05) is 23.7 Å². The van der Waals surface area contributed by atoms with Gasteiger partial charge in [-0.15, -0.1) is 0 Å². The molecule has 0 saturated carbocycles. The van der Waals surface area contributed by atoms with E-state index in [4.69, 9.17) is 4.52 Å². The minimum absolute atomic E-state index is 0.0984. The maximum atomic E-state index is 12.2. The van der Waals surface area contributed by atoms with E-state index in [9.17, 15) is 9.59 Å². The molecule has 1 aromatic heterocycles. The van der Waals surface area contributed by atoms with Gasteiger partial charge < -0.3 is 15.2 Å². The van der Waals surface area contributed by atoms with Gasteiger partial charge in [-0.1, -0.05) is 23.4 Å². The number of para-hydroxylation sites is 1. The summed E-state index contributed by atoms with van der Waals surface area (Å²) in [7, 11) is 1.56. The van der Waals surface area contributed by atoms with Crippen molar-refractivity contribution in [2.75, 3.05) is 12.4 Å². The Bertz CT molecular complexity index is 870. The van der Waals surface area contributed by atoms with Crippen LogP contribution >= 0.6 is 0 Å². The van der Waals surface area contributed by atoms with Crippen LogP contribution in [0.2, 0.25) is 0 Å². The van der Waals surface area contributed by atoms with Crippen LogP contribution in [0, 0.1) is 0 Å². The highest BCUT2D eigenvalue weighted by Crippen LogP contribution is 2.19. The number of hydrogen-bond donors (Lipinski definition) is 2. The standard InChI is InChI=1S/C17H15N3O3/c1-18-17(22)11-5-4-6-12(9-11)19-16(21)10-14-13-7-2-3-8-15(13)23-20-14/h2-9H,10H2,1H3,(H,18,22)(H,19,21). The van der Waals surface area contributed by atoms with Crippen molar-refractivity contribution < 1.29 is 14.1 Å². The molecule has 116 valence electrons. The summed E-state index contributed by atoms with van der Waals surface area (Å²) < 4.78 is 5.18. The molecule has 6 nitrogen and oxygen atoms in total. The first kappa shape index (κ1) is 14.8. The van der Waals surface area contributed by atoms with E-state index >= 15 is 0 Å². The van der Waals surface area contributed by atoms with Crippen LogP contribution in [-0.2, 0) is 11.2 Å². The van der Waals surface area contributed by atoms with Gasteiger partial charge in [0.1, 0.15) is 5.69 Å². The van der Waals surface area contributed by atoms with E-state index in [0.717, 1.165) is 5.39 Å². The van der Waals surface area contributed by atoms with Crippen LogP contribution in [0.15, 0.2) is 53.1 Å². The summed E-state index contributed by atoms with van der Waals surface area (Å²) in [5.74, 6) is -0.429. The maximum absolute atomic E-state index is 12.2. The highest BCUT2D eigenvalue weighted by atomic mass is 16.5. The average molecular weight is 309 g/mol. The Morgan fingerprint density at radius 1 is 1.13 bits per heavy atom. The number of carbonyl (C=O) groups excluding carboxylic acids is 2. The molecule has 3 rings (SSSR count). The van der Waals surface area contributed by atoms with E-state index in [1.165, 1.54) is 0 Å². The monoisotopic (exact) mass is 309 g/mol. The maximum Gasteiger partial charge on any atom is 0.251 e. The number of fused-ring (bicyclic) bond motifs is 1. The van der Waals surface area contributed by atoms with Crippen LogP contribution in [0.25, 0.3) is 11.0 Å². The Morgan fingerprint density at radius 3 is 2.78 bits per heavy atom. The number of hydrogen-bond acceptors (Lipinski definition) is 4. The molecule has 0 radical (unpaired) electrons. The minimum atomic E-state index is -0.224. The van der Waals surface area contributed by atoms with Crippen molar-refractivity contribution in [2.45, 2.75) is 6.42 Å². The molecule has 0 saturated heterocycles. The van der Waals surface area contributed by atoms with Crippen molar-refractivity contribution in [1.29, 1.82) is 0 Å². The fourth-order valence-electron chi connectivity index (χ4n) is 2.31. The number of carbonyl (C=O) groups is 2. The third-order valence-corrected chi connectivity index (χ3v) is 3.42. The van der Waals surface area contributed by atoms with E-state index < -0.39 is 0 Å². The quantitative estimate of drug-likeness (QED) is 0.775. The zero-order valence-corrected chi connectivity index (χ0v) is 12.5. The lowest BCUT2D eigenvalue weighted by molar-refractivity contribution is -0.115. The van der Waals surface area contributed by atoms with Gasteiger partial charge in [-0.2, -0.15) is 0 Å². The molecule has 6 heteroatoms. The molecular weight excluding hydrogens is 294 g/mol. The summed E-state index contributed by atoms with van der Waals surface area (Å²) in [5.41, 5.74) is 2.28. The predicted molar refractivity (Wildman–Crippen MR) is 86.2 cm³/mol. The second-order valence-corrected chi connectivity index (χ2v) is 5.01. The van der Waals surface area contributed by atoms with Gasteiger partial charge in [0.25, 0.3) is 5.91 Å². The molecule has 0 bridgehead atoms. The lowest BCUT2D eigenvalue weighted by Gasteiger charge is -2.06. The molecule has 0 spiro atoms. The molecule has 3 aromatic rings. The largest absolute Gasteiger partial charge is 0.356 e. The Morgan fingerprint density at radius 2 is 1.96 bits per heavy atom. The Balaban J connectivity index is 1.73. The van der Waals surface area contributed by atoms with E-state index in [2.05, 4.69) is 15.8 Å². The van der Waals surface area contributed by atoms with Crippen molar-refractivity contribution in [3.05, 3.63) is 59.8 Å². The first-order chi connectivity index (χ1) is 11.2. The van der Waals surface area contributed by atoms with Crippen LogP contribution in [0.1, 0.15) is 16.1 Å².